The van der Waals surface area contributed by atoms with Crippen LogP contribution < -0.4 is 11.1 Å². The number of hydrogen-bond donors (Lipinski definition) is 2. The van der Waals surface area contributed by atoms with Gasteiger partial charge in [-0.1, -0.05) is 30.3 Å². The molecule has 5 heteroatoms. The largest absolute Gasteiger partial charge is 0.347 e. The lowest BCUT2D eigenvalue weighted by Crippen LogP contribution is -2.50. The Morgan fingerprint density at radius 1 is 1.32 bits per heavy atom. The first-order valence-corrected chi connectivity index (χ1v) is 7.12. The van der Waals surface area contributed by atoms with Crippen molar-refractivity contribution in [2.75, 3.05) is 0 Å². The number of nitrogens with one attached hydrogen (secondary N) is 1. The van der Waals surface area contributed by atoms with Crippen molar-refractivity contribution in [2.45, 2.75) is 24.9 Å². The highest BCUT2D eigenvalue weighted by molar-refractivity contribution is 7.16. The minimum Gasteiger partial charge on any atom is -0.347 e. The van der Waals surface area contributed by atoms with Crippen LogP contribution in [0, 0.1) is 0 Å². The molecule has 1 aromatic heterocycles. The summed E-state index contributed by atoms with van der Waals surface area (Å²) >= 11 is 1.42. The number of carbonyl (C=O) groups is 1. The molecule has 0 saturated heterocycles. The first-order chi connectivity index (χ1) is 9.22. The smallest absolute Gasteiger partial charge is 0.280 e. The molecular formula is C14H15N3OS. The predicted octanol–water partition coefficient (Wildman–Crippen LogP) is 2.03. The molecule has 98 valence electrons. The molecule has 1 heterocycles. The molecule has 1 saturated carbocycles. The molecule has 0 atom stereocenters. The van der Waals surface area contributed by atoms with E-state index in [0.29, 0.717) is 5.01 Å². The summed E-state index contributed by atoms with van der Waals surface area (Å²) in [6, 6.07) is 10.4. The van der Waals surface area contributed by atoms with Crippen molar-refractivity contribution < 1.29 is 4.79 Å². The number of benzene rings is 1. The number of thiazole rings is 1. The number of amides is 1. The maximum absolute atomic E-state index is 12.0. The van der Waals surface area contributed by atoms with Gasteiger partial charge in [-0.15, -0.1) is 11.3 Å². The van der Waals surface area contributed by atoms with Gasteiger partial charge in [-0.3, -0.25) is 4.79 Å². The van der Waals surface area contributed by atoms with E-state index in [0.717, 1.165) is 23.3 Å². The summed E-state index contributed by atoms with van der Waals surface area (Å²) in [5.41, 5.74) is 6.79. The molecule has 1 aliphatic rings. The van der Waals surface area contributed by atoms with Gasteiger partial charge in [0.25, 0.3) is 5.91 Å². The van der Waals surface area contributed by atoms with E-state index in [4.69, 9.17) is 5.73 Å². The van der Waals surface area contributed by atoms with Crippen LogP contribution in [0.15, 0.2) is 36.5 Å². The standard InChI is InChI=1S/C14H15N3OS/c15-10-6-11(7-10)17-13(18)14-16-8-12(19-14)9-4-2-1-3-5-9/h1-5,8,10-11H,6-7,15H2,(H,17,18)/t10-,11+. The Bertz CT molecular complexity index is 575. The highest BCUT2D eigenvalue weighted by Crippen LogP contribution is 2.26. The first-order valence-electron chi connectivity index (χ1n) is 6.30. The summed E-state index contributed by atoms with van der Waals surface area (Å²) in [6.07, 6.45) is 3.48. The lowest BCUT2D eigenvalue weighted by molar-refractivity contribution is 0.0910. The molecule has 0 radical (unpaired) electrons. The van der Waals surface area contributed by atoms with Crippen LogP contribution in [0.3, 0.4) is 0 Å². The van der Waals surface area contributed by atoms with E-state index in [1.54, 1.807) is 6.20 Å². The maximum Gasteiger partial charge on any atom is 0.280 e. The number of carbonyl (C=O) groups excluding carboxylic acids is 1. The van der Waals surface area contributed by atoms with E-state index in [-0.39, 0.29) is 18.0 Å². The summed E-state index contributed by atoms with van der Waals surface area (Å²) < 4.78 is 0. The Hall–Kier alpha value is -1.72. The minimum absolute atomic E-state index is 0.0934. The second-order valence-electron chi connectivity index (χ2n) is 4.80. The minimum atomic E-state index is -0.0934. The van der Waals surface area contributed by atoms with E-state index in [1.165, 1.54) is 11.3 Å². The average Bonchev–Trinajstić information content (AvgIpc) is 2.87. The van der Waals surface area contributed by atoms with Gasteiger partial charge in [-0.25, -0.2) is 4.98 Å². The summed E-state index contributed by atoms with van der Waals surface area (Å²) in [5.74, 6) is -0.0934. The van der Waals surface area contributed by atoms with E-state index in [2.05, 4.69) is 10.3 Å². The number of rotatable bonds is 3. The number of nitrogens with zero attached hydrogens (tertiary/aromatic N) is 1. The zero-order valence-corrected chi connectivity index (χ0v) is 11.2. The third-order valence-corrected chi connectivity index (χ3v) is 4.31. The zero-order valence-electron chi connectivity index (χ0n) is 10.4. The fourth-order valence-electron chi connectivity index (χ4n) is 2.14. The van der Waals surface area contributed by atoms with Crippen LogP contribution in [0.5, 0.6) is 0 Å². The number of nitrogens with two attached hydrogens (primary N) is 1. The molecule has 4 nitrogen and oxygen atoms in total. The van der Waals surface area contributed by atoms with Crippen molar-refractivity contribution in [1.29, 1.82) is 0 Å². The van der Waals surface area contributed by atoms with Gasteiger partial charge in [0, 0.05) is 18.3 Å². The lowest BCUT2D eigenvalue weighted by atomic mass is 9.88. The average molecular weight is 273 g/mol. The van der Waals surface area contributed by atoms with Gasteiger partial charge in [0.15, 0.2) is 5.01 Å². The van der Waals surface area contributed by atoms with Crippen molar-refractivity contribution >= 4 is 17.2 Å². The molecule has 0 aliphatic heterocycles. The van der Waals surface area contributed by atoms with Gasteiger partial charge in [0.05, 0.1) is 4.88 Å². The molecule has 0 spiro atoms. The predicted molar refractivity (Wildman–Crippen MR) is 76.0 cm³/mol. The normalized spacial score (nSPS) is 21.7. The van der Waals surface area contributed by atoms with Crippen molar-refractivity contribution in [3.8, 4) is 10.4 Å². The van der Waals surface area contributed by atoms with E-state index in [1.807, 2.05) is 30.3 Å². The Kier molecular flexibility index (Phi) is 3.31. The summed E-state index contributed by atoms with van der Waals surface area (Å²) in [6.45, 7) is 0. The molecule has 1 aromatic carbocycles. The van der Waals surface area contributed by atoms with E-state index < -0.39 is 0 Å². The van der Waals surface area contributed by atoms with Gasteiger partial charge >= 0.3 is 0 Å². The molecule has 19 heavy (non-hydrogen) atoms. The van der Waals surface area contributed by atoms with Gasteiger partial charge in [-0.2, -0.15) is 0 Å². The number of hydrogen-bond acceptors (Lipinski definition) is 4. The van der Waals surface area contributed by atoms with Crippen LogP contribution in [0.4, 0.5) is 0 Å². The van der Waals surface area contributed by atoms with Crippen molar-refractivity contribution in [3.63, 3.8) is 0 Å². The molecule has 1 amide bonds. The lowest BCUT2D eigenvalue weighted by Gasteiger charge is -2.32. The summed E-state index contributed by atoms with van der Waals surface area (Å²) in [4.78, 5) is 17.2. The SMILES string of the molecule is N[C@H]1C[C@@H](NC(=O)c2ncc(-c3ccccc3)s2)C1. The second kappa shape index (κ2) is 5.11. The molecular weight excluding hydrogens is 258 g/mol. The summed E-state index contributed by atoms with van der Waals surface area (Å²) in [5, 5.41) is 3.47. The van der Waals surface area contributed by atoms with Gasteiger partial charge < -0.3 is 11.1 Å². The topological polar surface area (TPSA) is 68.0 Å². The Labute approximate surface area is 115 Å². The molecule has 3 rings (SSSR count). The Balaban J connectivity index is 1.69. The third-order valence-electron chi connectivity index (χ3n) is 3.27. The molecule has 1 aliphatic carbocycles. The van der Waals surface area contributed by atoms with Crippen LogP contribution in [0.25, 0.3) is 10.4 Å². The molecule has 0 unspecified atom stereocenters. The van der Waals surface area contributed by atoms with Gasteiger partial charge in [0.2, 0.25) is 0 Å². The molecule has 1 fully saturated rings. The van der Waals surface area contributed by atoms with E-state index in [9.17, 15) is 4.79 Å². The van der Waals surface area contributed by atoms with Crippen LogP contribution >= 0.6 is 11.3 Å². The van der Waals surface area contributed by atoms with Crippen molar-refractivity contribution in [2.24, 2.45) is 5.73 Å². The second-order valence-corrected chi connectivity index (χ2v) is 5.83. The number of aromatic nitrogens is 1. The monoisotopic (exact) mass is 273 g/mol. The van der Waals surface area contributed by atoms with Crippen LogP contribution in [0.2, 0.25) is 0 Å². The maximum atomic E-state index is 12.0. The van der Waals surface area contributed by atoms with Gasteiger partial charge in [0.1, 0.15) is 0 Å². The quantitative estimate of drug-likeness (QED) is 0.899. The fourth-order valence-corrected chi connectivity index (χ4v) is 2.97. The Morgan fingerprint density at radius 2 is 2.05 bits per heavy atom. The van der Waals surface area contributed by atoms with Crippen molar-refractivity contribution in [3.05, 3.63) is 41.5 Å². The molecule has 2 aromatic rings. The highest BCUT2D eigenvalue weighted by atomic mass is 32.1. The van der Waals surface area contributed by atoms with Crippen molar-refractivity contribution in [1.82, 2.24) is 10.3 Å². The van der Waals surface area contributed by atoms with Crippen LogP contribution in [-0.2, 0) is 0 Å². The summed E-state index contributed by atoms with van der Waals surface area (Å²) in [7, 11) is 0. The fraction of sp³-hybridized carbons (Fsp3) is 0.286. The third kappa shape index (κ3) is 2.67. The van der Waals surface area contributed by atoms with Crippen LogP contribution in [0.1, 0.15) is 22.6 Å². The Morgan fingerprint density at radius 3 is 2.74 bits per heavy atom. The van der Waals surface area contributed by atoms with Gasteiger partial charge in [-0.05, 0) is 18.4 Å². The molecule has 0 bridgehead atoms. The highest BCUT2D eigenvalue weighted by Gasteiger charge is 2.28. The van der Waals surface area contributed by atoms with Crippen LogP contribution in [-0.4, -0.2) is 23.0 Å². The zero-order chi connectivity index (χ0) is 13.2. The van der Waals surface area contributed by atoms with E-state index >= 15 is 0 Å². The molecule has 3 N–H and O–H groups in total. The first kappa shape index (κ1) is 12.3.